The van der Waals surface area contributed by atoms with E-state index in [-0.39, 0.29) is 6.61 Å². The van der Waals surface area contributed by atoms with Crippen LogP contribution < -0.4 is 0 Å². The van der Waals surface area contributed by atoms with Crippen LogP contribution in [0.1, 0.15) is 71.1 Å². The molecule has 3 unspecified atom stereocenters. The SMILES string of the molecule is CCCCCCCC(O)COC(=O)C1CCCCC1C(=O)O. The lowest BCUT2D eigenvalue weighted by Gasteiger charge is -2.27. The Morgan fingerprint density at radius 2 is 1.73 bits per heavy atom. The van der Waals surface area contributed by atoms with Crippen LogP contribution in [0.3, 0.4) is 0 Å². The minimum absolute atomic E-state index is 0.0184. The Labute approximate surface area is 133 Å². The molecule has 0 radical (unpaired) electrons. The van der Waals surface area contributed by atoms with Gasteiger partial charge in [-0.05, 0) is 19.3 Å². The summed E-state index contributed by atoms with van der Waals surface area (Å²) in [6, 6.07) is 0. The van der Waals surface area contributed by atoms with Crippen LogP contribution in [0.25, 0.3) is 0 Å². The van der Waals surface area contributed by atoms with E-state index in [1.165, 1.54) is 19.3 Å². The fraction of sp³-hybridized carbons (Fsp3) is 0.882. The zero-order valence-electron chi connectivity index (χ0n) is 13.6. The summed E-state index contributed by atoms with van der Waals surface area (Å²) >= 11 is 0. The molecule has 1 saturated carbocycles. The second-order valence-corrected chi connectivity index (χ2v) is 6.32. The molecule has 128 valence electrons. The maximum Gasteiger partial charge on any atom is 0.309 e. The third kappa shape index (κ3) is 6.77. The van der Waals surface area contributed by atoms with E-state index in [1.807, 2.05) is 0 Å². The van der Waals surface area contributed by atoms with E-state index in [4.69, 9.17) is 9.84 Å². The van der Waals surface area contributed by atoms with Crippen molar-refractivity contribution < 1.29 is 24.5 Å². The number of hydrogen-bond acceptors (Lipinski definition) is 4. The number of carbonyl (C=O) groups excluding carboxylic acids is 1. The molecule has 0 bridgehead atoms. The Balaban J connectivity index is 2.24. The number of carbonyl (C=O) groups is 2. The van der Waals surface area contributed by atoms with Crippen LogP contribution in [0.4, 0.5) is 0 Å². The molecule has 2 N–H and O–H groups in total. The number of aliphatic hydroxyl groups is 1. The Hall–Kier alpha value is -1.10. The first-order valence-electron chi connectivity index (χ1n) is 8.63. The summed E-state index contributed by atoms with van der Waals surface area (Å²) in [4.78, 5) is 23.2. The fourth-order valence-electron chi connectivity index (χ4n) is 3.06. The molecule has 0 amide bonds. The number of carboxylic acid groups (broad SMARTS) is 1. The Kier molecular flexibility index (Phi) is 9.13. The van der Waals surface area contributed by atoms with Crippen LogP contribution in [0, 0.1) is 11.8 Å². The summed E-state index contributed by atoms with van der Waals surface area (Å²) in [7, 11) is 0. The van der Waals surface area contributed by atoms with E-state index in [0.717, 1.165) is 25.7 Å². The molecule has 0 aromatic rings. The van der Waals surface area contributed by atoms with Crippen molar-refractivity contribution in [3.8, 4) is 0 Å². The molecular weight excluding hydrogens is 284 g/mol. The van der Waals surface area contributed by atoms with Crippen LogP contribution in [0.2, 0.25) is 0 Å². The molecule has 1 fully saturated rings. The molecule has 0 aliphatic heterocycles. The zero-order valence-corrected chi connectivity index (χ0v) is 13.6. The quantitative estimate of drug-likeness (QED) is 0.478. The first-order chi connectivity index (χ1) is 10.6. The van der Waals surface area contributed by atoms with Gasteiger partial charge < -0.3 is 14.9 Å². The van der Waals surface area contributed by atoms with Crippen molar-refractivity contribution in [1.29, 1.82) is 0 Å². The number of aliphatic carboxylic acids is 1. The summed E-state index contributed by atoms with van der Waals surface area (Å²) < 4.78 is 5.15. The number of unbranched alkanes of at least 4 members (excludes halogenated alkanes) is 4. The predicted octanol–water partition coefficient (Wildman–Crippen LogP) is 3.14. The van der Waals surface area contributed by atoms with Crippen LogP contribution in [-0.2, 0) is 14.3 Å². The van der Waals surface area contributed by atoms with Crippen LogP contribution in [-0.4, -0.2) is 34.9 Å². The Bertz CT molecular complexity index is 342. The Morgan fingerprint density at radius 3 is 2.36 bits per heavy atom. The highest BCUT2D eigenvalue weighted by Gasteiger charge is 2.36. The van der Waals surface area contributed by atoms with Crippen molar-refractivity contribution in [3.05, 3.63) is 0 Å². The number of ether oxygens (including phenoxy) is 1. The van der Waals surface area contributed by atoms with Gasteiger partial charge in [0.05, 0.1) is 17.9 Å². The van der Waals surface area contributed by atoms with Gasteiger partial charge in [0.2, 0.25) is 0 Å². The molecule has 5 nitrogen and oxygen atoms in total. The molecule has 1 aliphatic carbocycles. The van der Waals surface area contributed by atoms with Gasteiger partial charge in [-0.1, -0.05) is 51.9 Å². The third-order valence-corrected chi connectivity index (χ3v) is 4.44. The maximum atomic E-state index is 12.0. The zero-order chi connectivity index (χ0) is 16.4. The average molecular weight is 314 g/mol. The number of hydrogen-bond donors (Lipinski definition) is 2. The first-order valence-corrected chi connectivity index (χ1v) is 8.63. The molecule has 0 saturated heterocycles. The number of carboxylic acids is 1. The minimum atomic E-state index is -0.918. The monoisotopic (exact) mass is 314 g/mol. The molecule has 22 heavy (non-hydrogen) atoms. The molecule has 0 aromatic heterocycles. The predicted molar refractivity (Wildman–Crippen MR) is 83.4 cm³/mol. The molecule has 5 heteroatoms. The fourth-order valence-corrected chi connectivity index (χ4v) is 3.06. The second kappa shape index (κ2) is 10.6. The first kappa shape index (κ1) is 18.9. The topological polar surface area (TPSA) is 83.8 Å². The lowest BCUT2D eigenvalue weighted by Crippen LogP contribution is -2.35. The number of rotatable bonds is 10. The summed E-state index contributed by atoms with van der Waals surface area (Å²) in [6.45, 7) is 2.14. The summed E-state index contributed by atoms with van der Waals surface area (Å²) in [5.41, 5.74) is 0. The molecule has 1 rings (SSSR count). The van der Waals surface area contributed by atoms with Crippen molar-refractivity contribution in [2.45, 2.75) is 77.2 Å². The lowest BCUT2D eigenvalue weighted by molar-refractivity contribution is -0.161. The molecule has 3 atom stereocenters. The smallest absolute Gasteiger partial charge is 0.309 e. The van der Waals surface area contributed by atoms with Crippen molar-refractivity contribution in [3.63, 3.8) is 0 Å². The third-order valence-electron chi connectivity index (χ3n) is 4.44. The van der Waals surface area contributed by atoms with E-state index in [9.17, 15) is 14.7 Å². The second-order valence-electron chi connectivity index (χ2n) is 6.32. The van der Waals surface area contributed by atoms with E-state index < -0.39 is 29.9 Å². The van der Waals surface area contributed by atoms with Crippen LogP contribution in [0.15, 0.2) is 0 Å². The molecule has 0 aromatic carbocycles. The van der Waals surface area contributed by atoms with E-state index in [0.29, 0.717) is 19.3 Å². The average Bonchev–Trinajstić information content (AvgIpc) is 2.52. The van der Waals surface area contributed by atoms with Gasteiger partial charge in [-0.15, -0.1) is 0 Å². The van der Waals surface area contributed by atoms with Gasteiger partial charge in [0.15, 0.2) is 0 Å². The minimum Gasteiger partial charge on any atom is -0.481 e. The highest BCUT2D eigenvalue weighted by Crippen LogP contribution is 2.31. The van der Waals surface area contributed by atoms with Gasteiger partial charge >= 0.3 is 11.9 Å². The molecular formula is C17H30O5. The van der Waals surface area contributed by atoms with Gasteiger partial charge in [-0.2, -0.15) is 0 Å². The van der Waals surface area contributed by atoms with Gasteiger partial charge in [0.1, 0.15) is 6.61 Å². The number of esters is 1. The van der Waals surface area contributed by atoms with E-state index >= 15 is 0 Å². The van der Waals surface area contributed by atoms with Gasteiger partial charge in [0, 0.05) is 0 Å². The summed E-state index contributed by atoms with van der Waals surface area (Å²) in [5, 5.41) is 19.0. The van der Waals surface area contributed by atoms with Gasteiger partial charge in [-0.3, -0.25) is 9.59 Å². The lowest BCUT2D eigenvalue weighted by atomic mass is 9.79. The normalized spacial score (nSPS) is 23.0. The summed E-state index contributed by atoms with van der Waals surface area (Å²) in [6.07, 6.45) is 8.40. The standard InChI is InChI=1S/C17H30O5/c1-2-3-4-5-6-9-13(18)12-22-17(21)15-11-8-7-10-14(15)16(19)20/h13-15,18H,2-12H2,1H3,(H,19,20). The van der Waals surface area contributed by atoms with Crippen molar-refractivity contribution in [2.24, 2.45) is 11.8 Å². The molecule has 0 heterocycles. The summed E-state index contributed by atoms with van der Waals surface area (Å²) in [5.74, 6) is -2.56. The van der Waals surface area contributed by atoms with Crippen LogP contribution in [0.5, 0.6) is 0 Å². The van der Waals surface area contributed by atoms with Gasteiger partial charge in [-0.25, -0.2) is 0 Å². The highest BCUT2D eigenvalue weighted by molar-refractivity contribution is 5.81. The number of aliphatic hydroxyl groups excluding tert-OH is 1. The molecule has 1 aliphatic rings. The van der Waals surface area contributed by atoms with Crippen molar-refractivity contribution in [2.75, 3.05) is 6.61 Å². The Morgan fingerprint density at radius 1 is 1.09 bits per heavy atom. The van der Waals surface area contributed by atoms with Gasteiger partial charge in [0.25, 0.3) is 0 Å². The van der Waals surface area contributed by atoms with E-state index in [1.54, 1.807) is 0 Å². The van der Waals surface area contributed by atoms with E-state index in [2.05, 4.69) is 6.92 Å². The van der Waals surface area contributed by atoms with Crippen LogP contribution >= 0.6 is 0 Å². The van der Waals surface area contributed by atoms with Crippen molar-refractivity contribution in [1.82, 2.24) is 0 Å². The largest absolute Gasteiger partial charge is 0.481 e. The highest BCUT2D eigenvalue weighted by atomic mass is 16.5. The van der Waals surface area contributed by atoms with Crippen molar-refractivity contribution >= 4 is 11.9 Å². The maximum absolute atomic E-state index is 12.0. The molecule has 0 spiro atoms.